The molecule has 19 heavy (non-hydrogen) atoms. The number of ether oxygens (including phenoxy) is 1. The van der Waals surface area contributed by atoms with Crippen molar-refractivity contribution >= 4 is 17.7 Å². The van der Waals surface area contributed by atoms with E-state index in [-0.39, 0.29) is 11.6 Å². The zero-order chi connectivity index (χ0) is 14.3. The Hall–Kier alpha value is -0.220. The zero-order valence-corrected chi connectivity index (χ0v) is 13.6. The molecule has 2 atom stereocenters. The molecule has 0 amide bonds. The van der Waals surface area contributed by atoms with Crippen LogP contribution in [0, 0.1) is 0 Å². The number of hydrogen-bond acceptors (Lipinski definition) is 4. The average Bonchev–Trinajstić information content (AvgIpc) is 2.32. The fraction of sp³-hybridized carbons (Fsp3) is 0.933. The molecule has 0 saturated heterocycles. The number of carbonyl (C=O) groups is 1. The average molecular weight is 287 g/mol. The first-order chi connectivity index (χ1) is 8.90. The Balaban J connectivity index is 2.23. The lowest BCUT2D eigenvalue weighted by atomic mass is 9.95. The molecular formula is C15H29NO2S. The van der Waals surface area contributed by atoms with Crippen molar-refractivity contribution in [3.8, 4) is 0 Å². The van der Waals surface area contributed by atoms with Gasteiger partial charge in [0.1, 0.15) is 5.60 Å². The molecule has 4 heteroatoms. The number of carbonyl (C=O) groups excluding carboxylic acids is 1. The summed E-state index contributed by atoms with van der Waals surface area (Å²) in [5.41, 5.74) is -0.366. The molecule has 1 rings (SSSR count). The summed E-state index contributed by atoms with van der Waals surface area (Å²) in [5, 5.41) is 4.20. The predicted molar refractivity (Wildman–Crippen MR) is 82.6 cm³/mol. The maximum absolute atomic E-state index is 11.7. The van der Waals surface area contributed by atoms with Gasteiger partial charge in [0.2, 0.25) is 0 Å². The fourth-order valence-electron chi connectivity index (χ4n) is 2.39. The van der Waals surface area contributed by atoms with Crippen LogP contribution in [0.2, 0.25) is 0 Å². The molecule has 0 aliphatic heterocycles. The molecule has 0 aromatic carbocycles. The zero-order valence-electron chi connectivity index (χ0n) is 12.8. The van der Waals surface area contributed by atoms with Crippen molar-refractivity contribution in [2.24, 2.45) is 0 Å². The summed E-state index contributed by atoms with van der Waals surface area (Å²) in [5.74, 6) is 0.406. The van der Waals surface area contributed by atoms with Crippen molar-refractivity contribution < 1.29 is 9.53 Å². The molecule has 0 radical (unpaired) electrons. The summed E-state index contributed by atoms with van der Waals surface area (Å²) in [4.78, 5) is 11.7. The number of nitrogens with one attached hydrogen (secondary N) is 1. The van der Waals surface area contributed by atoms with Crippen LogP contribution < -0.4 is 5.32 Å². The van der Waals surface area contributed by atoms with Crippen LogP contribution in [0.4, 0.5) is 0 Å². The molecule has 0 aromatic rings. The van der Waals surface area contributed by atoms with Crippen LogP contribution in [0.3, 0.4) is 0 Å². The highest BCUT2D eigenvalue weighted by Crippen LogP contribution is 2.29. The minimum Gasteiger partial charge on any atom is -0.459 e. The van der Waals surface area contributed by atoms with Crippen molar-refractivity contribution in [1.82, 2.24) is 5.32 Å². The highest BCUT2D eigenvalue weighted by Gasteiger charge is 2.23. The second kappa shape index (κ2) is 8.15. The summed E-state index contributed by atoms with van der Waals surface area (Å²) in [6.07, 6.45) is 6.16. The number of esters is 1. The molecule has 0 aromatic heterocycles. The lowest BCUT2D eigenvalue weighted by Gasteiger charge is -2.29. The third-order valence-electron chi connectivity index (χ3n) is 3.17. The van der Waals surface area contributed by atoms with Crippen LogP contribution in [0.1, 0.15) is 59.8 Å². The van der Waals surface area contributed by atoms with Gasteiger partial charge in [-0.25, -0.2) is 0 Å². The summed E-state index contributed by atoms with van der Waals surface area (Å²) in [6.45, 7) is 9.06. The van der Waals surface area contributed by atoms with Crippen molar-refractivity contribution in [2.75, 3.05) is 12.3 Å². The molecule has 0 spiro atoms. The molecule has 1 aliphatic carbocycles. The smallest absolute Gasteiger partial charge is 0.316 e. The van der Waals surface area contributed by atoms with Gasteiger partial charge in [-0.15, -0.1) is 11.8 Å². The van der Waals surface area contributed by atoms with Crippen LogP contribution >= 0.6 is 11.8 Å². The van der Waals surface area contributed by atoms with Crippen molar-refractivity contribution in [1.29, 1.82) is 0 Å². The second-order valence-electron chi connectivity index (χ2n) is 6.34. The van der Waals surface area contributed by atoms with Gasteiger partial charge in [-0.05, 0) is 53.0 Å². The number of hydrogen-bond donors (Lipinski definition) is 1. The van der Waals surface area contributed by atoms with Crippen molar-refractivity contribution in [3.05, 3.63) is 0 Å². The first-order valence-corrected chi connectivity index (χ1v) is 8.52. The van der Waals surface area contributed by atoms with E-state index in [9.17, 15) is 4.79 Å². The van der Waals surface area contributed by atoms with Gasteiger partial charge in [0.25, 0.3) is 0 Å². The van der Waals surface area contributed by atoms with Gasteiger partial charge < -0.3 is 10.1 Å². The molecule has 1 saturated carbocycles. The SMILES string of the molecule is CCCNC1CCCC(SCC(=O)OC(C)(C)C)C1. The van der Waals surface area contributed by atoms with E-state index in [0.717, 1.165) is 6.54 Å². The second-order valence-corrected chi connectivity index (χ2v) is 7.63. The van der Waals surface area contributed by atoms with E-state index in [2.05, 4.69) is 12.2 Å². The Bertz CT molecular complexity index is 276. The Morgan fingerprint density at radius 2 is 2.11 bits per heavy atom. The Kier molecular flexibility index (Phi) is 7.22. The van der Waals surface area contributed by atoms with Gasteiger partial charge in [0.15, 0.2) is 0 Å². The lowest BCUT2D eigenvalue weighted by molar-refractivity contribution is -0.151. The highest BCUT2D eigenvalue weighted by molar-refractivity contribution is 8.00. The Morgan fingerprint density at radius 1 is 1.37 bits per heavy atom. The third kappa shape index (κ3) is 7.83. The van der Waals surface area contributed by atoms with Crippen molar-refractivity contribution in [3.63, 3.8) is 0 Å². The van der Waals surface area contributed by atoms with Gasteiger partial charge in [0.05, 0.1) is 5.75 Å². The standard InChI is InChI=1S/C15H29NO2S/c1-5-9-16-12-7-6-8-13(10-12)19-11-14(17)18-15(2,3)4/h12-13,16H,5-11H2,1-4H3. The summed E-state index contributed by atoms with van der Waals surface area (Å²) < 4.78 is 5.35. The molecule has 1 fully saturated rings. The maximum Gasteiger partial charge on any atom is 0.316 e. The van der Waals surface area contributed by atoms with E-state index in [1.54, 1.807) is 11.8 Å². The van der Waals surface area contributed by atoms with E-state index >= 15 is 0 Å². The Labute approximate surface area is 122 Å². The Morgan fingerprint density at radius 3 is 2.74 bits per heavy atom. The molecule has 112 valence electrons. The molecule has 0 heterocycles. The van der Waals surface area contributed by atoms with E-state index < -0.39 is 0 Å². The quantitative estimate of drug-likeness (QED) is 0.760. The molecule has 1 N–H and O–H groups in total. The fourth-order valence-corrected chi connectivity index (χ4v) is 3.52. The van der Waals surface area contributed by atoms with E-state index in [4.69, 9.17) is 4.74 Å². The van der Waals surface area contributed by atoms with Gasteiger partial charge in [0, 0.05) is 11.3 Å². The molecule has 3 nitrogen and oxygen atoms in total. The summed E-state index contributed by atoms with van der Waals surface area (Å²) >= 11 is 1.77. The van der Waals surface area contributed by atoms with Crippen LogP contribution in [0.15, 0.2) is 0 Å². The molecule has 0 bridgehead atoms. The predicted octanol–water partition coefficient (Wildman–Crippen LogP) is 3.37. The molecule has 2 unspecified atom stereocenters. The summed E-state index contributed by atoms with van der Waals surface area (Å²) in [7, 11) is 0. The van der Waals surface area contributed by atoms with Crippen LogP contribution in [-0.4, -0.2) is 35.2 Å². The van der Waals surface area contributed by atoms with E-state index in [1.165, 1.54) is 32.1 Å². The van der Waals surface area contributed by atoms with Crippen LogP contribution in [-0.2, 0) is 9.53 Å². The monoisotopic (exact) mass is 287 g/mol. The first-order valence-electron chi connectivity index (χ1n) is 7.47. The van der Waals surface area contributed by atoms with E-state index in [0.29, 0.717) is 17.0 Å². The van der Waals surface area contributed by atoms with Crippen LogP contribution in [0.25, 0.3) is 0 Å². The van der Waals surface area contributed by atoms with Gasteiger partial charge in [-0.3, -0.25) is 4.79 Å². The van der Waals surface area contributed by atoms with Crippen LogP contribution in [0.5, 0.6) is 0 Å². The summed E-state index contributed by atoms with van der Waals surface area (Å²) in [6, 6.07) is 0.643. The minimum atomic E-state index is -0.366. The number of rotatable bonds is 6. The lowest BCUT2D eigenvalue weighted by Crippen LogP contribution is -2.36. The topological polar surface area (TPSA) is 38.3 Å². The van der Waals surface area contributed by atoms with Gasteiger partial charge in [-0.1, -0.05) is 13.3 Å². The molecular weight excluding hydrogens is 258 g/mol. The first kappa shape index (κ1) is 16.8. The highest BCUT2D eigenvalue weighted by atomic mass is 32.2. The largest absolute Gasteiger partial charge is 0.459 e. The maximum atomic E-state index is 11.7. The molecule has 1 aliphatic rings. The minimum absolute atomic E-state index is 0.0823. The number of thioether (sulfide) groups is 1. The van der Waals surface area contributed by atoms with Crippen molar-refractivity contribution in [2.45, 2.75) is 76.7 Å². The normalized spacial score (nSPS) is 24.2. The third-order valence-corrected chi connectivity index (χ3v) is 4.47. The van der Waals surface area contributed by atoms with Gasteiger partial charge in [-0.2, -0.15) is 0 Å². The van der Waals surface area contributed by atoms with E-state index in [1.807, 2.05) is 20.8 Å². The van der Waals surface area contributed by atoms with Gasteiger partial charge >= 0.3 is 5.97 Å².